The van der Waals surface area contributed by atoms with Crippen molar-refractivity contribution in [2.24, 2.45) is 16.2 Å². The van der Waals surface area contributed by atoms with Crippen molar-refractivity contribution in [3.63, 3.8) is 0 Å². The summed E-state index contributed by atoms with van der Waals surface area (Å²) < 4.78 is 33.0. The molecule has 1 amide bonds. The Morgan fingerprint density at radius 2 is 1.44 bits per heavy atom. The molecule has 3 aliphatic heterocycles. The summed E-state index contributed by atoms with van der Waals surface area (Å²) in [7, 11) is 0. The Hall–Kier alpha value is -1.23. The topological polar surface area (TPSA) is 256 Å². The van der Waals surface area contributed by atoms with Crippen LogP contribution in [0.25, 0.3) is 0 Å². The van der Waals surface area contributed by atoms with E-state index in [-0.39, 0.29) is 6.54 Å². The summed E-state index contributed by atoms with van der Waals surface area (Å²) >= 11 is 4.50. The molecule has 3 aliphatic rings. The van der Waals surface area contributed by atoms with Crippen LogP contribution < -0.4 is 16.4 Å². The van der Waals surface area contributed by atoms with Gasteiger partial charge in [0.05, 0.1) is 62.6 Å². The van der Waals surface area contributed by atoms with Crippen LogP contribution in [0.5, 0.6) is 0 Å². The molecule has 0 aromatic heterocycles. The lowest BCUT2D eigenvalue weighted by Gasteiger charge is -2.50. The van der Waals surface area contributed by atoms with E-state index in [9.17, 15) is 35.4 Å². The molecule has 0 bridgehead atoms. The molecule has 3 heterocycles. The van der Waals surface area contributed by atoms with Crippen molar-refractivity contribution in [1.29, 1.82) is 0 Å². The van der Waals surface area contributed by atoms with Crippen molar-refractivity contribution in [1.82, 2.24) is 10.6 Å². The maximum Gasteiger partial charge on any atom is 0.217 e. The first kappa shape index (κ1) is 36.2. The minimum atomic E-state index is -1.50. The van der Waals surface area contributed by atoms with Crippen molar-refractivity contribution < 1.29 is 64.0 Å². The van der Waals surface area contributed by atoms with E-state index >= 15 is 0 Å². The zero-order chi connectivity index (χ0) is 32.0. The number of aliphatic hydroxyl groups is 6. The van der Waals surface area contributed by atoms with Crippen LogP contribution in [-0.4, -0.2) is 155 Å². The van der Waals surface area contributed by atoms with E-state index in [0.29, 0.717) is 0 Å². The zero-order valence-corrected chi connectivity index (χ0v) is 25.4. The minimum Gasteiger partial charge on any atom is -0.394 e. The van der Waals surface area contributed by atoms with Gasteiger partial charge < -0.3 is 75.5 Å². The second kappa shape index (κ2) is 16.4. The molecule has 0 spiro atoms. The van der Waals surface area contributed by atoms with Crippen molar-refractivity contribution >= 4 is 18.3 Å². The number of aliphatic hydroxyl groups excluding tert-OH is 6. The Morgan fingerprint density at radius 3 is 2.00 bits per heavy atom. The van der Waals surface area contributed by atoms with Crippen LogP contribution in [0.3, 0.4) is 0 Å². The van der Waals surface area contributed by atoms with Gasteiger partial charge in [-0.25, -0.2) is 0 Å². The van der Waals surface area contributed by atoms with E-state index in [0.717, 1.165) is 0 Å². The number of carbonyl (C=O) groups is 1. The summed E-state index contributed by atoms with van der Waals surface area (Å²) in [6.07, 6.45) is -13.4. The maximum atomic E-state index is 11.9. The summed E-state index contributed by atoms with van der Waals surface area (Å²) in [5.74, 6) is -1.06. The van der Waals surface area contributed by atoms with Gasteiger partial charge >= 0.3 is 0 Å². The lowest BCUT2D eigenvalue weighted by atomic mass is 9.89. The molecule has 43 heavy (non-hydrogen) atoms. The van der Waals surface area contributed by atoms with Crippen molar-refractivity contribution in [2.75, 3.05) is 26.4 Å². The molecule has 3 rings (SSSR count). The van der Waals surface area contributed by atoms with E-state index < -0.39 is 123 Å². The highest BCUT2D eigenvalue weighted by atomic mass is 32.1. The molecule has 18 heteroatoms. The van der Waals surface area contributed by atoms with Gasteiger partial charge in [0.1, 0.15) is 48.8 Å². The first-order valence-electron chi connectivity index (χ1n) is 14.3. The summed E-state index contributed by atoms with van der Waals surface area (Å²) in [4.78, 5) is 17.0. The maximum absolute atomic E-state index is 11.9. The van der Waals surface area contributed by atoms with Gasteiger partial charge in [-0.2, -0.15) is 0 Å². The highest BCUT2D eigenvalue weighted by molar-refractivity contribution is 7.47. The Morgan fingerprint density at radius 1 is 0.907 bits per heavy atom. The number of hydrogen-bond acceptors (Lipinski definition) is 17. The van der Waals surface area contributed by atoms with Crippen LogP contribution in [0.15, 0.2) is 4.53 Å². The molecule has 7 unspecified atom stereocenters. The predicted octanol–water partition coefficient (Wildman–Crippen LogP) is -4.47. The third-order valence-corrected chi connectivity index (χ3v) is 8.24. The lowest BCUT2D eigenvalue weighted by molar-refractivity contribution is -0.344. The second-order valence-electron chi connectivity index (χ2n) is 11.3. The number of carbonyl (C=O) groups excluding carboxylic acids is 1. The Bertz CT molecular complexity index is 896. The Labute approximate surface area is 255 Å². The number of nitrogens with zero attached hydrogens (tertiary/aromatic N) is 1. The molecule has 0 saturated carbocycles. The fourth-order valence-corrected chi connectivity index (χ4v) is 5.72. The van der Waals surface area contributed by atoms with Gasteiger partial charge in [0.25, 0.3) is 0 Å². The number of nitrogens with one attached hydrogen (secondary N) is 2. The van der Waals surface area contributed by atoms with Gasteiger partial charge in [0, 0.05) is 19.4 Å². The first-order valence-corrected chi connectivity index (χ1v) is 14.6. The van der Waals surface area contributed by atoms with E-state index in [1.54, 1.807) is 20.8 Å². The van der Waals surface area contributed by atoms with E-state index in [1.165, 1.54) is 6.92 Å². The minimum absolute atomic E-state index is 0.0720. The van der Waals surface area contributed by atoms with E-state index in [4.69, 9.17) is 34.3 Å². The molecule has 16 atom stereocenters. The Balaban J connectivity index is 1.90. The average Bonchev–Trinajstić information content (AvgIpc) is 2.97. The molecule has 17 nitrogen and oxygen atoms in total. The summed E-state index contributed by atoms with van der Waals surface area (Å²) in [5.41, 5.74) is 6.08. The van der Waals surface area contributed by atoms with E-state index in [2.05, 4.69) is 27.6 Å². The molecule has 0 aliphatic carbocycles. The third-order valence-electron chi connectivity index (χ3n) is 8.15. The van der Waals surface area contributed by atoms with Crippen LogP contribution in [-0.2, 0) is 45.7 Å². The normalized spacial score (nSPS) is 44.4. The molecule has 0 aromatic rings. The smallest absolute Gasteiger partial charge is 0.217 e. The largest absolute Gasteiger partial charge is 0.394 e. The quantitative estimate of drug-likeness (QED) is 0.0858. The monoisotopic (exact) mass is 642 g/mol. The summed E-state index contributed by atoms with van der Waals surface area (Å²) in [5, 5.41) is 69.0. The predicted molar refractivity (Wildman–Crippen MR) is 148 cm³/mol. The fraction of sp³-hybridized carbons (Fsp3) is 0.960. The van der Waals surface area contributed by atoms with Gasteiger partial charge in [-0.05, 0) is 18.4 Å². The molecule has 3 fully saturated rings. The summed E-state index contributed by atoms with van der Waals surface area (Å²) in [6, 6.07) is -3.07. The molecule has 10 N–H and O–H groups in total. The molecule has 0 radical (unpaired) electrons. The summed E-state index contributed by atoms with van der Waals surface area (Å²) in [6.45, 7) is 4.62. The van der Waals surface area contributed by atoms with Crippen molar-refractivity contribution in [2.45, 2.75) is 119 Å². The van der Waals surface area contributed by atoms with Gasteiger partial charge in [-0.15, -0.1) is 0 Å². The molecule has 250 valence electrons. The number of rotatable bonds is 13. The highest BCUT2D eigenvalue weighted by Gasteiger charge is 2.53. The van der Waals surface area contributed by atoms with Crippen LogP contribution in [0, 0.1) is 5.92 Å². The number of nitrogens with two attached hydrogens (primary N) is 1. The lowest BCUT2D eigenvalue weighted by Crippen LogP contribution is -2.70. The number of amides is 1. The molecular formula is C25H46N4O13S. The number of hydrogen-bond donors (Lipinski definition) is 9. The SMILES string of the molecule is CC(=O)NC1[C@H](O[C@@H]2C(CO)O[C@@H](O[C@@H]3C(CO)O[C@@H](C)C(N)[C@H]3O)C(NCC(C)ON=S)[C@H]2O)OC(CO)[C@H](C)[C@@H]1O. The standard InChI is InChI=1S/C25H46N4O13S/c1-9(42-29-43)5-27-17-21(36)23(41-25-18(28-12(4)33)19(34)10(2)13(6-30)38-25)15(8-32)39-24(17)40-22-14(7-31)37-11(3)16(26)20(22)35/h9-11,13-25,27,30-32,34-36H,5-8,26H2,1-4H3,(H,28,33)/t9?,10-,11-,13?,14?,15?,16?,17?,18?,19-,20+,21+,22+,23+,24-,25-/m0/s1. The third kappa shape index (κ3) is 8.53. The van der Waals surface area contributed by atoms with Crippen LogP contribution in [0.1, 0.15) is 27.7 Å². The average molecular weight is 643 g/mol. The molecule has 0 aromatic carbocycles. The molecule has 3 saturated heterocycles. The highest BCUT2D eigenvalue weighted by Crippen LogP contribution is 2.33. The van der Waals surface area contributed by atoms with Crippen LogP contribution >= 0.6 is 0 Å². The van der Waals surface area contributed by atoms with Gasteiger partial charge in [0.15, 0.2) is 12.6 Å². The van der Waals surface area contributed by atoms with Crippen molar-refractivity contribution in [3.05, 3.63) is 0 Å². The van der Waals surface area contributed by atoms with Gasteiger partial charge in [-0.3, -0.25) is 4.79 Å². The van der Waals surface area contributed by atoms with Gasteiger partial charge in [0.2, 0.25) is 5.91 Å². The van der Waals surface area contributed by atoms with Crippen molar-refractivity contribution in [3.8, 4) is 0 Å². The zero-order valence-electron chi connectivity index (χ0n) is 24.5. The van der Waals surface area contributed by atoms with Gasteiger partial charge in [-0.1, -0.05) is 6.92 Å². The fourth-order valence-electron chi connectivity index (χ4n) is 5.57. The van der Waals surface area contributed by atoms with E-state index in [1.807, 2.05) is 0 Å². The van der Waals surface area contributed by atoms with Crippen LogP contribution in [0.2, 0.25) is 0 Å². The molecular weight excluding hydrogens is 596 g/mol. The number of ether oxygens (including phenoxy) is 5. The van der Waals surface area contributed by atoms with Crippen LogP contribution in [0.4, 0.5) is 0 Å². The Kier molecular flexibility index (Phi) is 13.8. The first-order chi connectivity index (χ1) is 20.4. The second-order valence-corrected chi connectivity index (χ2v) is 11.4.